The van der Waals surface area contributed by atoms with Gasteiger partial charge in [-0.3, -0.25) is 9.59 Å². The predicted octanol–water partition coefficient (Wildman–Crippen LogP) is 5.89. The minimum absolute atomic E-state index is 0.212. The number of nitrogens with one attached hydrogen (secondary N) is 2. The van der Waals surface area contributed by atoms with Crippen LogP contribution in [0.2, 0.25) is 5.02 Å². The van der Waals surface area contributed by atoms with Gasteiger partial charge in [0.15, 0.2) is 0 Å². The minimum atomic E-state index is -0.364. The summed E-state index contributed by atoms with van der Waals surface area (Å²) in [7, 11) is 0. The average molecular weight is 474 g/mol. The van der Waals surface area contributed by atoms with Crippen molar-refractivity contribution < 1.29 is 14.3 Å². The van der Waals surface area contributed by atoms with Gasteiger partial charge in [0.25, 0.3) is 5.91 Å². The van der Waals surface area contributed by atoms with E-state index in [0.717, 1.165) is 10.0 Å². The molecule has 0 heterocycles. The fourth-order valence-corrected chi connectivity index (χ4v) is 3.27. The molecule has 0 atom stereocenters. The number of hydrogen-bond donors (Lipinski definition) is 2. The number of ether oxygens (including phenoxy) is 1. The number of para-hydroxylation sites is 1. The molecule has 0 radical (unpaired) electrons. The number of amides is 2. The van der Waals surface area contributed by atoms with E-state index in [-0.39, 0.29) is 11.8 Å². The van der Waals surface area contributed by atoms with Crippen LogP contribution in [0.1, 0.15) is 22.8 Å². The number of carbonyl (C=O) groups is 2. The number of hydrogen-bond acceptors (Lipinski definition) is 3. The van der Waals surface area contributed by atoms with E-state index in [4.69, 9.17) is 16.3 Å². The van der Waals surface area contributed by atoms with Crippen molar-refractivity contribution in [2.45, 2.75) is 13.5 Å². The molecule has 0 saturated heterocycles. The summed E-state index contributed by atoms with van der Waals surface area (Å²) in [6.07, 6.45) is 0. The standard InChI is InChI=1S/C22H18BrClN2O3/c1-14(27)25-17-9-10-19(24)20(12-17)26-22(28)18-7-2-3-8-21(18)29-13-15-5-4-6-16(23)11-15/h2-12H,13H2,1H3,(H,25,27)(H,26,28). The van der Waals surface area contributed by atoms with E-state index in [1.165, 1.54) is 6.92 Å². The largest absolute Gasteiger partial charge is 0.488 e. The Hall–Kier alpha value is -2.83. The van der Waals surface area contributed by atoms with Gasteiger partial charge < -0.3 is 15.4 Å². The number of rotatable bonds is 6. The lowest BCUT2D eigenvalue weighted by molar-refractivity contribution is -0.114. The average Bonchev–Trinajstić information content (AvgIpc) is 2.69. The van der Waals surface area contributed by atoms with Gasteiger partial charge >= 0.3 is 0 Å². The SMILES string of the molecule is CC(=O)Nc1ccc(Cl)c(NC(=O)c2ccccc2OCc2cccc(Br)c2)c1. The maximum absolute atomic E-state index is 12.8. The predicted molar refractivity (Wildman–Crippen MR) is 119 cm³/mol. The number of anilines is 2. The van der Waals surface area contributed by atoms with Gasteiger partial charge in [-0.1, -0.05) is 51.8 Å². The zero-order valence-corrected chi connectivity index (χ0v) is 17.9. The van der Waals surface area contributed by atoms with Gasteiger partial charge in [-0.05, 0) is 48.0 Å². The topological polar surface area (TPSA) is 67.4 Å². The van der Waals surface area contributed by atoms with Crippen LogP contribution >= 0.6 is 27.5 Å². The Bertz CT molecular complexity index is 1060. The summed E-state index contributed by atoms with van der Waals surface area (Å²) in [6.45, 7) is 1.73. The second-order valence-electron chi connectivity index (χ2n) is 6.24. The number of carbonyl (C=O) groups excluding carboxylic acids is 2. The van der Waals surface area contributed by atoms with E-state index in [9.17, 15) is 9.59 Å². The van der Waals surface area contributed by atoms with Gasteiger partial charge in [0.1, 0.15) is 12.4 Å². The lowest BCUT2D eigenvalue weighted by Crippen LogP contribution is -2.14. The van der Waals surface area contributed by atoms with Crippen LogP contribution in [-0.2, 0) is 11.4 Å². The highest BCUT2D eigenvalue weighted by molar-refractivity contribution is 9.10. The molecule has 5 nitrogen and oxygen atoms in total. The molecular weight excluding hydrogens is 456 g/mol. The van der Waals surface area contributed by atoms with Gasteiger partial charge in [-0.25, -0.2) is 0 Å². The molecular formula is C22H18BrClN2O3. The molecule has 148 valence electrons. The molecule has 0 aromatic heterocycles. The van der Waals surface area contributed by atoms with Crippen molar-refractivity contribution in [2.24, 2.45) is 0 Å². The highest BCUT2D eigenvalue weighted by Crippen LogP contribution is 2.28. The molecule has 0 aliphatic rings. The van der Waals surface area contributed by atoms with E-state index < -0.39 is 0 Å². The van der Waals surface area contributed by atoms with E-state index in [1.54, 1.807) is 42.5 Å². The van der Waals surface area contributed by atoms with E-state index in [1.807, 2.05) is 24.3 Å². The van der Waals surface area contributed by atoms with Crippen LogP contribution in [0.4, 0.5) is 11.4 Å². The lowest BCUT2D eigenvalue weighted by atomic mass is 10.1. The van der Waals surface area contributed by atoms with Gasteiger partial charge in [0.05, 0.1) is 16.3 Å². The van der Waals surface area contributed by atoms with E-state index in [2.05, 4.69) is 26.6 Å². The van der Waals surface area contributed by atoms with Crippen LogP contribution in [0.3, 0.4) is 0 Å². The summed E-state index contributed by atoms with van der Waals surface area (Å²) < 4.78 is 6.83. The molecule has 0 bridgehead atoms. The van der Waals surface area contributed by atoms with Crippen molar-refractivity contribution in [3.05, 3.63) is 87.4 Å². The maximum atomic E-state index is 12.8. The Morgan fingerprint density at radius 2 is 1.79 bits per heavy atom. The molecule has 3 rings (SSSR count). The first-order valence-electron chi connectivity index (χ1n) is 8.77. The Morgan fingerprint density at radius 3 is 2.55 bits per heavy atom. The second-order valence-corrected chi connectivity index (χ2v) is 7.57. The molecule has 3 aromatic carbocycles. The Morgan fingerprint density at radius 1 is 1.00 bits per heavy atom. The highest BCUT2D eigenvalue weighted by Gasteiger charge is 2.14. The van der Waals surface area contributed by atoms with Crippen molar-refractivity contribution in [2.75, 3.05) is 10.6 Å². The third kappa shape index (κ3) is 5.82. The summed E-state index contributed by atoms with van der Waals surface area (Å²) in [6, 6.07) is 19.6. The molecule has 2 N–H and O–H groups in total. The van der Waals surface area contributed by atoms with Crippen molar-refractivity contribution >= 4 is 50.7 Å². The quantitative estimate of drug-likeness (QED) is 0.469. The van der Waals surface area contributed by atoms with Crippen LogP contribution in [0.5, 0.6) is 5.75 Å². The van der Waals surface area contributed by atoms with Crippen LogP contribution in [0.25, 0.3) is 0 Å². The third-order valence-electron chi connectivity index (χ3n) is 3.95. The Balaban J connectivity index is 1.77. The number of benzene rings is 3. The minimum Gasteiger partial charge on any atom is -0.488 e. The van der Waals surface area contributed by atoms with Crippen LogP contribution in [0, 0.1) is 0 Å². The smallest absolute Gasteiger partial charge is 0.259 e. The summed E-state index contributed by atoms with van der Waals surface area (Å²) in [5.74, 6) is -0.119. The van der Waals surface area contributed by atoms with E-state index >= 15 is 0 Å². The zero-order chi connectivity index (χ0) is 20.8. The molecule has 0 aliphatic heterocycles. The first-order valence-corrected chi connectivity index (χ1v) is 9.94. The summed E-state index contributed by atoms with van der Waals surface area (Å²) in [5.41, 5.74) is 2.28. The molecule has 29 heavy (non-hydrogen) atoms. The van der Waals surface area contributed by atoms with Crippen molar-refractivity contribution in [1.82, 2.24) is 0 Å². The normalized spacial score (nSPS) is 10.3. The van der Waals surface area contributed by atoms with Crippen molar-refractivity contribution in [3.8, 4) is 5.75 Å². The zero-order valence-electron chi connectivity index (χ0n) is 15.5. The lowest BCUT2D eigenvalue weighted by Gasteiger charge is -2.13. The highest BCUT2D eigenvalue weighted by atomic mass is 79.9. The van der Waals surface area contributed by atoms with Crippen molar-refractivity contribution in [3.63, 3.8) is 0 Å². The van der Waals surface area contributed by atoms with Crippen LogP contribution in [-0.4, -0.2) is 11.8 Å². The van der Waals surface area contributed by atoms with Crippen molar-refractivity contribution in [1.29, 1.82) is 0 Å². The first kappa shape index (κ1) is 20.9. The second kappa shape index (κ2) is 9.58. The Labute approximate surface area is 182 Å². The van der Waals surface area contributed by atoms with E-state index in [0.29, 0.717) is 34.3 Å². The monoisotopic (exact) mass is 472 g/mol. The fourth-order valence-electron chi connectivity index (χ4n) is 2.66. The summed E-state index contributed by atoms with van der Waals surface area (Å²) in [5, 5.41) is 5.80. The van der Waals surface area contributed by atoms with Gasteiger partial charge in [-0.2, -0.15) is 0 Å². The van der Waals surface area contributed by atoms with Crippen LogP contribution in [0.15, 0.2) is 71.2 Å². The molecule has 3 aromatic rings. The maximum Gasteiger partial charge on any atom is 0.259 e. The molecule has 0 aliphatic carbocycles. The molecule has 0 spiro atoms. The van der Waals surface area contributed by atoms with Crippen LogP contribution < -0.4 is 15.4 Å². The van der Waals surface area contributed by atoms with Gasteiger partial charge in [0.2, 0.25) is 5.91 Å². The summed E-state index contributed by atoms with van der Waals surface area (Å²) >= 11 is 9.63. The molecule has 2 amide bonds. The molecule has 0 unspecified atom stereocenters. The third-order valence-corrected chi connectivity index (χ3v) is 4.77. The number of halogens is 2. The first-order chi connectivity index (χ1) is 13.9. The molecule has 7 heteroatoms. The summed E-state index contributed by atoms with van der Waals surface area (Å²) in [4.78, 5) is 24.1. The molecule has 0 fully saturated rings. The van der Waals surface area contributed by atoms with Gasteiger partial charge in [0, 0.05) is 17.1 Å². The fraction of sp³-hybridized carbons (Fsp3) is 0.0909. The van der Waals surface area contributed by atoms with Gasteiger partial charge in [-0.15, -0.1) is 0 Å². The Kier molecular flexibility index (Phi) is 6.90. The molecule has 0 saturated carbocycles.